The Kier molecular flexibility index (Phi) is 8.48. The first-order valence-corrected chi connectivity index (χ1v) is 12.5. The molecule has 7 nitrogen and oxygen atoms in total. The summed E-state index contributed by atoms with van der Waals surface area (Å²) in [7, 11) is 0. The van der Waals surface area contributed by atoms with E-state index >= 15 is 0 Å². The molecule has 1 aromatic heterocycles. The molecular formula is C28H33FN4O3. The molecule has 1 unspecified atom stereocenters. The fourth-order valence-corrected chi connectivity index (χ4v) is 4.45. The van der Waals surface area contributed by atoms with Crippen molar-refractivity contribution in [3.05, 3.63) is 89.8 Å². The molecule has 190 valence electrons. The fraction of sp³-hybridized carbons (Fsp3) is 0.393. The minimum absolute atomic E-state index is 0.167. The SMILES string of the molecule is CCCCOC1(c2ccccc2)CN(C(=O)C(Cc2ccc(F)cc2)NC(=O)CCc2cnc[nH]2)C1. The Hall–Kier alpha value is -3.52. The number of nitrogens with zero attached hydrogens (tertiary/aromatic N) is 2. The van der Waals surface area contributed by atoms with E-state index in [1.54, 1.807) is 29.6 Å². The number of hydrogen-bond donors (Lipinski definition) is 2. The summed E-state index contributed by atoms with van der Waals surface area (Å²) in [5.41, 5.74) is 2.13. The van der Waals surface area contributed by atoms with Gasteiger partial charge in [0.2, 0.25) is 11.8 Å². The highest BCUT2D eigenvalue weighted by atomic mass is 19.1. The Labute approximate surface area is 211 Å². The first-order chi connectivity index (χ1) is 17.5. The molecule has 0 aliphatic carbocycles. The normalized spacial score (nSPS) is 15.2. The summed E-state index contributed by atoms with van der Waals surface area (Å²) in [6, 6.07) is 15.2. The van der Waals surface area contributed by atoms with Crippen molar-refractivity contribution in [2.75, 3.05) is 19.7 Å². The minimum atomic E-state index is -0.755. The number of likely N-dealkylation sites (tertiary alicyclic amines) is 1. The summed E-state index contributed by atoms with van der Waals surface area (Å²) in [6.45, 7) is 3.58. The highest BCUT2D eigenvalue weighted by Gasteiger charge is 2.48. The predicted octanol–water partition coefficient (Wildman–Crippen LogP) is 3.76. The summed E-state index contributed by atoms with van der Waals surface area (Å²) in [5, 5.41) is 2.91. The van der Waals surface area contributed by atoms with Gasteiger partial charge in [-0.1, -0.05) is 55.8 Å². The van der Waals surface area contributed by atoms with Crippen molar-refractivity contribution in [3.8, 4) is 0 Å². The molecule has 1 aliphatic heterocycles. The van der Waals surface area contributed by atoms with Gasteiger partial charge in [0.1, 0.15) is 17.5 Å². The molecule has 0 spiro atoms. The largest absolute Gasteiger partial charge is 0.367 e. The maximum atomic E-state index is 13.6. The zero-order chi connectivity index (χ0) is 25.4. The van der Waals surface area contributed by atoms with E-state index in [1.807, 2.05) is 30.3 Å². The molecule has 4 rings (SSSR count). The van der Waals surface area contributed by atoms with Crippen LogP contribution in [-0.4, -0.2) is 52.4 Å². The van der Waals surface area contributed by atoms with E-state index in [0.29, 0.717) is 26.1 Å². The molecule has 8 heteroatoms. The second kappa shape index (κ2) is 11.9. The van der Waals surface area contributed by atoms with Crippen molar-refractivity contribution in [1.82, 2.24) is 20.2 Å². The molecule has 1 saturated heterocycles. The zero-order valence-corrected chi connectivity index (χ0v) is 20.6. The van der Waals surface area contributed by atoms with Gasteiger partial charge < -0.3 is 19.9 Å². The molecule has 2 amide bonds. The number of aromatic amines is 1. The average molecular weight is 493 g/mol. The van der Waals surface area contributed by atoms with Crippen molar-refractivity contribution >= 4 is 11.8 Å². The maximum Gasteiger partial charge on any atom is 0.245 e. The number of carbonyl (C=O) groups excluding carboxylic acids is 2. The van der Waals surface area contributed by atoms with Gasteiger partial charge in [-0.05, 0) is 36.1 Å². The second-order valence-corrected chi connectivity index (χ2v) is 9.28. The number of nitrogens with one attached hydrogen (secondary N) is 2. The lowest BCUT2D eigenvalue weighted by molar-refractivity contribution is -0.175. The summed E-state index contributed by atoms with van der Waals surface area (Å²) in [6.07, 6.45) is 6.22. The van der Waals surface area contributed by atoms with Crippen LogP contribution in [0.25, 0.3) is 0 Å². The van der Waals surface area contributed by atoms with Crippen LogP contribution >= 0.6 is 0 Å². The Bertz CT molecular complexity index is 1110. The Morgan fingerprint density at radius 1 is 1.17 bits per heavy atom. The lowest BCUT2D eigenvalue weighted by atomic mass is 9.84. The van der Waals surface area contributed by atoms with E-state index in [-0.39, 0.29) is 30.5 Å². The highest BCUT2D eigenvalue weighted by Crippen LogP contribution is 2.36. The van der Waals surface area contributed by atoms with E-state index in [4.69, 9.17) is 4.74 Å². The molecule has 1 aliphatic rings. The zero-order valence-electron chi connectivity index (χ0n) is 20.6. The first kappa shape index (κ1) is 25.6. The number of unbranched alkanes of at least 4 members (excludes halogenated alkanes) is 1. The van der Waals surface area contributed by atoms with Gasteiger partial charge in [-0.2, -0.15) is 0 Å². The average Bonchev–Trinajstić information content (AvgIpc) is 3.39. The third-order valence-electron chi connectivity index (χ3n) is 6.54. The number of aryl methyl sites for hydroxylation is 1. The number of carbonyl (C=O) groups is 2. The van der Waals surface area contributed by atoms with E-state index < -0.39 is 11.6 Å². The van der Waals surface area contributed by atoms with Gasteiger partial charge in [0.25, 0.3) is 0 Å². The topological polar surface area (TPSA) is 87.3 Å². The Morgan fingerprint density at radius 2 is 1.92 bits per heavy atom. The number of H-pyrrole nitrogens is 1. The van der Waals surface area contributed by atoms with E-state index in [2.05, 4.69) is 22.2 Å². The van der Waals surface area contributed by atoms with Gasteiger partial charge in [-0.15, -0.1) is 0 Å². The van der Waals surface area contributed by atoms with Crippen molar-refractivity contribution in [2.45, 2.75) is 50.7 Å². The van der Waals surface area contributed by atoms with Crippen molar-refractivity contribution < 1.29 is 18.7 Å². The molecule has 0 radical (unpaired) electrons. The maximum absolute atomic E-state index is 13.6. The van der Waals surface area contributed by atoms with Crippen LogP contribution in [0.3, 0.4) is 0 Å². The van der Waals surface area contributed by atoms with Gasteiger partial charge in [-0.25, -0.2) is 9.37 Å². The summed E-state index contributed by atoms with van der Waals surface area (Å²) in [4.78, 5) is 35.0. The molecule has 2 aromatic carbocycles. The van der Waals surface area contributed by atoms with E-state index in [0.717, 1.165) is 29.7 Å². The van der Waals surface area contributed by atoms with Gasteiger partial charge in [0.15, 0.2) is 0 Å². The molecule has 3 aromatic rings. The number of aromatic nitrogens is 2. The van der Waals surface area contributed by atoms with E-state index in [9.17, 15) is 14.0 Å². The minimum Gasteiger partial charge on any atom is -0.367 e. The lowest BCUT2D eigenvalue weighted by Crippen LogP contribution is -2.66. The number of hydrogen-bond acceptors (Lipinski definition) is 4. The lowest BCUT2D eigenvalue weighted by Gasteiger charge is -2.51. The van der Waals surface area contributed by atoms with Crippen LogP contribution in [0.1, 0.15) is 43.0 Å². The van der Waals surface area contributed by atoms with Crippen LogP contribution in [0.2, 0.25) is 0 Å². The Balaban J connectivity index is 1.45. The van der Waals surface area contributed by atoms with Crippen LogP contribution in [0.15, 0.2) is 67.1 Å². The van der Waals surface area contributed by atoms with Gasteiger partial charge in [0, 0.05) is 31.3 Å². The van der Waals surface area contributed by atoms with Crippen LogP contribution < -0.4 is 5.32 Å². The van der Waals surface area contributed by atoms with Crippen molar-refractivity contribution in [2.24, 2.45) is 0 Å². The monoisotopic (exact) mass is 492 g/mol. The third kappa shape index (κ3) is 6.37. The number of benzene rings is 2. The Morgan fingerprint density at radius 3 is 2.58 bits per heavy atom. The number of amides is 2. The second-order valence-electron chi connectivity index (χ2n) is 9.28. The van der Waals surface area contributed by atoms with Crippen molar-refractivity contribution in [1.29, 1.82) is 0 Å². The number of rotatable bonds is 12. The molecule has 2 heterocycles. The standard InChI is InChI=1S/C28H33FN4O3/c1-2-3-15-36-28(22-7-5-4-6-8-22)18-33(19-28)27(35)25(16-21-9-11-23(29)12-10-21)32-26(34)14-13-24-17-30-20-31-24/h4-12,17,20,25H,2-3,13-16,18-19H2,1H3,(H,30,31)(H,32,34). The number of ether oxygens (including phenoxy) is 1. The van der Waals surface area contributed by atoms with Crippen LogP contribution in [0, 0.1) is 5.82 Å². The van der Waals surface area contributed by atoms with E-state index in [1.165, 1.54) is 12.1 Å². The molecule has 0 saturated carbocycles. The summed E-state index contributed by atoms with van der Waals surface area (Å²) < 4.78 is 19.7. The third-order valence-corrected chi connectivity index (χ3v) is 6.54. The molecular weight excluding hydrogens is 459 g/mol. The molecule has 1 fully saturated rings. The first-order valence-electron chi connectivity index (χ1n) is 12.5. The summed E-state index contributed by atoms with van der Waals surface area (Å²) in [5.74, 6) is -0.733. The smallest absolute Gasteiger partial charge is 0.245 e. The fourth-order valence-electron chi connectivity index (χ4n) is 4.45. The highest BCUT2D eigenvalue weighted by molar-refractivity contribution is 5.88. The summed E-state index contributed by atoms with van der Waals surface area (Å²) >= 11 is 0. The molecule has 0 bridgehead atoms. The number of imidazole rings is 1. The molecule has 1 atom stereocenters. The molecule has 36 heavy (non-hydrogen) atoms. The van der Waals surface area contributed by atoms with Gasteiger partial charge in [0.05, 0.1) is 19.4 Å². The van der Waals surface area contributed by atoms with Crippen LogP contribution in [-0.2, 0) is 32.8 Å². The number of halogens is 1. The van der Waals surface area contributed by atoms with Crippen molar-refractivity contribution in [3.63, 3.8) is 0 Å². The molecule has 2 N–H and O–H groups in total. The van der Waals surface area contributed by atoms with Gasteiger partial charge in [-0.3, -0.25) is 9.59 Å². The predicted molar refractivity (Wildman–Crippen MR) is 135 cm³/mol. The quantitative estimate of drug-likeness (QED) is 0.377. The van der Waals surface area contributed by atoms with Crippen LogP contribution in [0.5, 0.6) is 0 Å². The van der Waals surface area contributed by atoms with Crippen LogP contribution in [0.4, 0.5) is 4.39 Å². The van der Waals surface area contributed by atoms with Gasteiger partial charge >= 0.3 is 0 Å².